The van der Waals surface area contributed by atoms with E-state index in [1.165, 1.54) is 36.8 Å². The molecule has 32 heavy (non-hydrogen) atoms. The van der Waals surface area contributed by atoms with Crippen molar-refractivity contribution in [2.45, 2.75) is 64.0 Å². The molecule has 1 saturated heterocycles. The van der Waals surface area contributed by atoms with Crippen LogP contribution in [-0.4, -0.2) is 69.9 Å². The Hall–Kier alpha value is -0.900. The van der Waals surface area contributed by atoms with Gasteiger partial charge in [-0.05, 0) is 63.0 Å². The van der Waals surface area contributed by atoms with Gasteiger partial charge in [0.25, 0.3) is 0 Å². The molecule has 1 unspecified atom stereocenters. The second-order valence-corrected chi connectivity index (χ2v) is 8.67. The van der Waals surface area contributed by atoms with Crippen LogP contribution < -0.4 is 10.6 Å². The highest BCUT2D eigenvalue weighted by atomic mass is 127. The lowest BCUT2D eigenvalue weighted by Gasteiger charge is -2.33. The third kappa shape index (κ3) is 9.15. The second-order valence-electron chi connectivity index (χ2n) is 8.67. The van der Waals surface area contributed by atoms with Crippen molar-refractivity contribution < 1.29 is 9.47 Å². The van der Waals surface area contributed by atoms with Gasteiger partial charge in [0.2, 0.25) is 0 Å². The van der Waals surface area contributed by atoms with Crippen molar-refractivity contribution in [1.82, 2.24) is 15.5 Å². The van der Waals surface area contributed by atoms with E-state index in [9.17, 15) is 0 Å². The predicted octanol–water partition coefficient (Wildman–Crippen LogP) is 4.14. The van der Waals surface area contributed by atoms with E-state index in [0.29, 0.717) is 6.04 Å². The van der Waals surface area contributed by atoms with Crippen LogP contribution in [0.4, 0.5) is 0 Å². The Morgan fingerprint density at radius 1 is 1.12 bits per heavy atom. The summed E-state index contributed by atoms with van der Waals surface area (Å²) in [5, 5.41) is 7.05. The first-order valence-corrected chi connectivity index (χ1v) is 12.3. The maximum Gasteiger partial charge on any atom is 0.191 e. The highest BCUT2D eigenvalue weighted by Gasteiger charge is 2.21. The third-order valence-electron chi connectivity index (χ3n) is 6.30. The van der Waals surface area contributed by atoms with Gasteiger partial charge >= 0.3 is 0 Å². The summed E-state index contributed by atoms with van der Waals surface area (Å²) in [6.07, 6.45) is 8.20. The Morgan fingerprint density at radius 2 is 1.94 bits per heavy atom. The predicted molar refractivity (Wildman–Crippen MR) is 143 cm³/mol. The molecule has 6 nitrogen and oxygen atoms in total. The Bertz CT molecular complexity index is 665. The number of methoxy groups -OCH3 is 1. The summed E-state index contributed by atoms with van der Waals surface area (Å²) < 4.78 is 11.4. The molecule has 1 aromatic rings. The van der Waals surface area contributed by atoms with E-state index in [0.717, 1.165) is 71.2 Å². The molecule has 182 valence electrons. The van der Waals surface area contributed by atoms with Crippen molar-refractivity contribution in [2.75, 3.05) is 53.0 Å². The van der Waals surface area contributed by atoms with Crippen LogP contribution >= 0.6 is 24.0 Å². The van der Waals surface area contributed by atoms with Gasteiger partial charge in [-0.3, -0.25) is 4.99 Å². The molecule has 1 atom stereocenters. The van der Waals surface area contributed by atoms with Gasteiger partial charge in [0.15, 0.2) is 5.96 Å². The van der Waals surface area contributed by atoms with Gasteiger partial charge in [-0.25, -0.2) is 0 Å². The minimum absolute atomic E-state index is 0. The van der Waals surface area contributed by atoms with Gasteiger partial charge in [-0.1, -0.05) is 24.3 Å². The second kappa shape index (κ2) is 15.9. The van der Waals surface area contributed by atoms with Crippen molar-refractivity contribution in [1.29, 1.82) is 0 Å². The summed E-state index contributed by atoms with van der Waals surface area (Å²) in [6.45, 7) is 8.86. The molecule has 0 radical (unpaired) electrons. The van der Waals surface area contributed by atoms with Gasteiger partial charge in [0, 0.05) is 59.1 Å². The molecule has 1 fully saturated rings. The van der Waals surface area contributed by atoms with E-state index >= 15 is 0 Å². The van der Waals surface area contributed by atoms with E-state index in [-0.39, 0.29) is 30.1 Å². The number of rotatable bonds is 11. The Morgan fingerprint density at radius 3 is 2.72 bits per heavy atom. The maximum atomic E-state index is 6.23. The number of nitrogens with one attached hydrogen (secondary N) is 2. The topological polar surface area (TPSA) is 58.1 Å². The van der Waals surface area contributed by atoms with Crippen LogP contribution in [0.5, 0.6) is 0 Å². The number of aryl methyl sites for hydroxylation is 1. The van der Waals surface area contributed by atoms with Gasteiger partial charge in [0.05, 0.1) is 6.10 Å². The van der Waals surface area contributed by atoms with E-state index < -0.39 is 0 Å². The average Bonchev–Trinajstić information content (AvgIpc) is 2.80. The van der Waals surface area contributed by atoms with Crippen molar-refractivity contribution in [3.05, 3.63) is 35.4 Å². The fourth-order valence-electron chi connectivity index (χ4n) is 4.61. The average molecular weight is 559 g/mol. The highest BCUT2D eigenvalue weighted by Crippen LogP contribution is 2.32. The zero-order chi connectivity index (χ0) is 21.7. The summed E-state index contributed by atoms with van der Waals surface area (Å²) in [7, 11) is 1.78. The lowest BCUT2D eigenvalue weighted by Crippen LogP contribution is -2.48. The first kappa shape index (κ1) is 27.3. The number of benzene rings is 1. The molecular weight excluding hydrogens is 515 g/mol. The van der Waals surface area contributed by atoms with Crippen LogP contribution in [0.25, 0.3) is 0 Å². The SMILES string of the molecule is CCNC(=NCCCOC1CCCc2ccccc21)NC1CCN(CCCOC)CC1.I. The van der Waals surface area contributed by atoms with Gasteiger partial charge in [0.1, 0.15) is 0 Å². The van der Waals surface area contributed by atoms with Gasteiger partial charge in [-0.2, -0.15) is 0 Å². The van der Waals surface area contributed by atoms with E-state index in [1.807, 2.05) is 0 Å². The standard InChI is InChI=1S/C25H42N4O2.HI/c1-3-26-25(28-22-13-17-29(18-14-22)16-8-19-30-2)27-15-7-20-31-24-12-6-10-21-9-4-5-11-23(21)24;/h4-5,9,11,22,24H,3,6-8,10,12-20H2,1-2H3,(H2,26,27,28);1H. The molecule has 1 aliphatic carbocycles. The molecule has 1 aromatic carbocycles. The van der Waals surface area contributed by atoms with Crippen molar-refractivity contribution >= 4 is 29.9 Å². The molecule has 2 N–H and O–H groups in total. The molecule has 1 aliphatic heterocycles. The molecule has 0 spiro atoms. The lowest BCUT2D eigenvalue weighted by atomic mass is 9.89. The zero-order valence-electron chi connectivity index (χ0n) is 20.0. The van der Waals surface area contributed by atoms with E-state index in [2.05, 4.69) is 46.7 Å². The first-order valence-electron chi connectivity index (χ1n) is 12.3. The number of nitrogens with zero attached hydrogens (tertiary/aromatic N) is 2. The smallest absolute Gasteiger partial charge is 0.191 e. The van der Waals surface area contributed by atoms with Crippen molar-refractivity contribution in [3.63, 3.8) is 0 Å². The summed E-state index contributed by atoms with van der Waals surface area (Å²) in [6, 6.07) is 9.24. The number of hydrogen-bond acceptors (Lipinski definition) is 4. The summed E-state index contributed by atoms with van der Waals surface area (Å²) in [5.41, 5.74) is 2.85. The number of ether oxygens (including phenoxy) is 2. The number of likely N-dealkylation sites (tertiary alicyclic amines) is 1. The molecule has 0 amide bonds. The molecule has 2 aliphatic rings. The molecule has 0 aromatic heterocycles. The number of piperidine rings is 1. The fraction of sp³-hybridized carbons (Fsp3) is 0.720. The molecule has 1 heterocycles. The van der Waals surface area contributed by atoms with Crippen LogP contribution in [0.3, 0.4) is 0 Å². The molecule has 0 bridgehead atoms. The normalized spacial score (nSPS) is 19.8. The first-order chi connectivity index (χ1) is 15.3. The monoisotopic (exact) mass is 558 g/mol. The van der Waals surface area contributed by atoms with Crippen LogP contribution in [-0.2, 0) is 15.9 Å². The van der Waals surface area contributed by atoms with Crippen LogP contribution in [0.1, 0.15) is 62.7 Å². The van der Waals surface area contributed by atoms with E-state index in [1.54, 1.807) is 7.11 Å². The van der Waals surface area contributed by atoms with E-state index in [4.69, 9.17) is 14.5 Å². The fourth-order valence-corrected chi connectivity index (χ4v) is 4.61. The highest BCUT2D eigenvalue weighted by molar-refractivity contribution is 14.0. The van der Waals surface area contributed by atoms with Crippen molar-refractivity contribution in [3.8, 4) is 0 Å². The summed E-state index contributed by atoms with van der Waals surface area (Å²) >= 11 is 0. The minimum atomic E-state index is 0. The number of halogens is 1. The molecule has 0 saturated carbocycles. The van der Waals surface area contributed by atoms with Crippen LogP contribution in [0.15, 0.2) is 29.3 Å². The van der Waals surface area contributed by atoms with Gasteiger partial charge in [-0.15, -0.1) is 24.0 Å². The third-order valence-corrected chi connectivity index (χ3v) is 6.30. The zero-order valence-corrected chi connectivity index (χ0v) is 22.3. The minimum Gasteiger partial charge on any atom is -0.385 e. The molecule has 3 rings (SSSR count). The lowest BCUT2D eigenvalue weighted by molar-refractivity contribution is 0.0402. The van der Waals surface area contributed by atoms with Crippen LogP contribution in [0, 0.1) is 0 Å². The number of guanidine groups is 1. The Kier molecular flexibility index (Phi) is 13.5. The quantitative estimate of drug-likeness (QED) is 0.185. The molecular formula is C25H43IN4O2. The largest absolute Gasteiger partial charge is 0.385 e. The number of hydrogen-bond donors (Lipinski definition) is 2. The van der Waals surface area contributed by atoms with Gasteiger partial charge < -0.3 is 25.0 Å². The van der Waals surface area contributed by atoms with Crippen molar-refractivity contribution in [2.24, 2.45) is 4.99 Å². The Balaban J connectivity index is 0.00000363. The summed E-state index contributed by atoms with van der Waals surface area (Å²) in [4.78, 5) is 7.34. The summed E-state index contributed by atoms with van der Waals surface area (Å²) in [5.74, 6) is 0.948. The van der Waals surface area contributed by atoms with Crippen LogP contribution in [0.2, 0.25) is 0 Å². The maximum absolute atomic E-state index is 6.23. The molecule has 7 heteroatoms. The Labute approximate surface area is 211 Å². The number of aliphatic imine (C=N–C) groups is 1. The number of fused-ring (bicyclic) bond motifs is 1.